The summed E-state index contributed by atoms with van der Waals surface area (Å²) in [5.74, 6) is 0. The number of aryl methyl sites for hydroxylation is 1. The van der Waals surface area contributed by atoms with Crippen LogP contribution in [0.25, 0.3) is 0 Å². The molecule has 2 nitrogen and oxygen atoms in total. The summed E-state index contributed by atoms with van der Waals surface area (Å²) in [5, 5.41) is 6.91. The zero-order valence-electron chi connectivity index (χ0n) is 10.3. The maximum atomic E-state index is 3.60. The van der Waals surface area contributed by atoms with Crippen LogP contribution in [-0.2, 0) is 0 Å². The van der Waals surface area contributed by atoms with Crippen molar-refractivity contribution in [1.29, 1.82) is 0 Å². The Morgan fingerprint density at radius 3 is 2.62 bits per heavy atom. The number of piperazine rings is 1. The zero-order valence-corrected chi connectivity index (χ0v) is 11.9. The SMILES string of the molecule is CC.Cc1ccc(Br)c(C2CNCCN2)c1. The summed E-state index contributed by atoms with van der Waals surface area (Å²) in [5.41, 5.74) is 2.67. The summed E-state index contributed by atoms with van der Waals surface area (Å²) in [6, 6.07) is 6.94. The van der Waals surface area contributed by atoms with E-state index in [-0.39, 0.29) is 0 Å². The molecule has 1 unspecified atom stereocenters. The van der Waals surface area contributed by atoms with Crippen LogP contribution in [0.2, 0.25) is 0 Å². The lowest BCUT2D eigenvalue weighted by molar-refractivity contribution is 0.429. The maximum Gasteiger partial charge on any atom is 0.0458 e. The topological polar surface area (TPSA) is 24.1 Å². The minimum Gasteiger partial charge on any atom is -0.314 e. The van der Waals surface area contributed by atoms with E-state index in [1.54, 1.807) is 0 Å². The van der Waals surface area contributed by atoms with Gasteiger partial charge in [-0.3, -0.25) is 0 Å². The van der Waals surface area contributed by atoms with Gasteiger partial charge in [-0.2, -0.15) is 0 Å². The predicted octanol–water partition coefficient (Wildman–Crippen LogP) is 3.02. The second-order valence-corrected chi connectivity index (χ2v) is 4.59. The molecule has 2 N–H and O–H groups in total. The second-order valence-electron chi connectivity index (χ2n) is 3.74. The van der Waals surface area contributed by atoms with E-state index in [2.05, 4.69) is 51.7 Å². The lowest BCUT2D eigenvalue weighted by Gasteiger charge is -2.26. The van der Waals surface area contributed by atoms with Crippen molar-refractivity contribution in [2.45, 2.75) is 26.8 Å². The third-order valence-electron chi connectivity index (χ3n) is 2.57. The molecule has 90 valence electrons. The highest BCUT2D eigenvalue weighted by molar-refractivity contribution is 9.10. The molecule has 1 atom stereocenters. The molecule has 0 bridgehead atoms. The van der Waals surface area contributed by atoms with E-state index >= 15 is 0 Å². The normalized spacial score (nSPS) is 19.9. The van der Waals surface area contributed by atoms with E-state index in [1.165, 1.54) is 15.6 Å². The van der Waals surface area contributed by atoms with E-state index < -0.39 is 0 Å². The molecular formula is C13H21BrN2. The van der Waals surface area contributed by atoms with E-state index in [9.17, 15) is 0 Å². The summed E-state index contributed by atoms with van der Waals surface area (Å²) in [6.45, 7) is 9.26. The van der Waals surface area contributed by atoms with Crippen LogP contribution >= 0.6 is 15.9 Å². The molecule has 1 saturated heterocycles. The summed E-state index contributed by atoms with van der Waals surface area (Å²) in [6.07, 6.45) is 0. The van der Waals surface area contributed by atoms with Gasteiger partial charge in [0.25, 0.3) is 0 Å². The molecule has 0 aliphatic carbocycles. The summed E-state index contributed by atoms with van der Waals surface area (Å²) in [4.78, 5) is 0. The van der Waals surface area contributed by atoms with Crippen molar-refractivity contribution in [3.63, 3.8) is 0 Å². The quantitative estimate of drug-likeness (QED) is 0.829. The molecule has 1 aliphatic rings. The molecule has 0 amide bonds. The van der Waals surface area contributed by atoms with Gasteiger partial charge in [0.2, 0.25) is 0 Å². The lowest BCUT2D eigenvalue weighted by atomic mass is 10.0. The Kier molecular flexibility index (Phi) is 6.03. The Morgan fingerprint density at radius 1 is 1.25 bits per heavy atom. The van der Waals surface area contributed by atoms with Gasteiger partial charge in [-0.1, -0.05) is 47.5 Å². The monoisotopic (exact) mass is 284 g/mol. The van der Waals surface area contributed by atoms with Gasteiger partial charge in [-0.05, 0) is 18.6 Å². The van der Waals surface area contributed by atoms with Crippen LogP contribution in [0.4, 0.5) is 0 Å². The third-order valence-corrected chi connectivity index (χ3v) is 3.29. The van der Waals surface area contributed by atoms with Gasteiger partial charge in [0, 0.05) is 30.1 Å². The third kappa shape index (κ3) is 3.58. The van der Waals surface area contributed by atoms with Crippen LogP contribution in [0.5, 0.6) is 0 Å². The van der Waals surface area contributed by atoms with Gasteiger partial charge >= 0.3 is 0 Å². The Labute approximate surface area is 107 Å². The largest absolute Gasteiger partial charge is 0.314 e. The van der Waals surface area contributed by atoms with Gasteiger partial charge in [0.05, 0.1) is 0 Å². The minimum atomic E-state index is 0.443. The van der Waals surface area contributed by atoms with E-state index in [1.807, 2.05) is 13.8 Å². The number of nitrogens with one attached hydrogen (secondary N) is 2. The molecule has 1 aliphatic heterocycles. The fraction of sp³-hybridized carbons (Fsp3) is 0.538. The average molecular weight is 285 g/mol. The standard InChI is InChI=1S/C11H15BrN2.C2H6/c1-8-2-3-10(12)9(6-8)11-7-13-4-5-14-11;1-2/h2-3,6,11,13-14H,4-5,7H2,1H3;1-2H3. The highest BCUT2D eigenvalue weighted by Gasteiger charge is 2.16. The fourth-order valence-corrected chi connectivity index (χ4v) is 2.33. The van der Waals surface area contributed by atoms with Crippen molar-refractivity contribution < 1.29 is 0 Å². The molecular weight excluding hydrogens is 264 g/mol. The van der Waals surface area contributed by atoms with Crippen molar-refractivity contribution in [3.05, 3.63) is 33.8 Å². The van der Waals surface area contributed by atoms with Crippen LogP contribution in [-0.4, -0.2) is 19.6 Å². The van der Waals surface area contributed by atoms with Crippen molar-refractivity contribution >= 4 is 15.9 Å². The molecule has 0 saturated carbocycles. The van der Waals surface area contributed by atoms with E-state index in [0.29, 0.717) is 6.04 Å². The first-order chi connectivity index (χ1) is 7.77. The van der Waals surface area contributed by atoms with Gasteiger partial charge in [0.15, 0.2) is 0 Å². The van der Waals surface area contributed by atoms with Gasteiger partial charge < -0.3 is 10.6 Å². The Bertz CT molecular complexity index is 320. The molecule has 1 aromatic carbocycles. The number of halogens is 1. The number of hydrogen-bond acceptors (Lipinski definition) is 2. The maximum absolute atomic E-state index is 3.60. The van der Waals surface area contributed by atoms with Crippen molar-refractivity contribution in [1.82, 2.24) is 10.6 Å². The molecule has 3 heteroatoms. The number of benzene rings is 1. The molecule has 1 heterocycles. The second kappa shape index (κ2) is 7.05. The Hall–Kier alpha value is -0.380. The highest BCUT2D eigenvalue weighted by Crippen LogP contribution is 2.24. The zero-order chi connectivity index (χ0) is 12.0. The Morgan fingerprint density at radius 2 is 2.00 bits per heavy atom. The van der Waals surface area contributed by atoms with E-state index in [4.69, 9.17) is 0 Å². The first-order valence-corrected chi connectivity index (χ1v) is 6.77. The Balaban J connectivity index is 0.000000606. The van der Waals surface area contributed by atoms with Crippen molar-refractivity contribution in [2.75, 3.05) is 19.6 Å². The average Bonchev–Trinajstić information content (AvgIpc) is 2.36. The molecule has 0 radical (unpaired) electrons. The van der Waals surface area contributed by atoms with Gasteiger partial charge in [-0.15, -0.1) is 0 Å². The van der Waals surface area contributed by atoms with Crippen LogP contribution in [0.1, 0.15) is 31.0 Å². The molecule has 0 aromatic heterocycles. The minimum absolute atomic E-state index is 0.443. The first kappa shape index (κ1) is 13.7. The molecule has 2 rings (SSSR count). The van der Waals surface area contributed by atoms with Crippen molar-refractivity contribution in [3.8, 4) is 0 Å². The van der Waals surface area contributed by atoms with Gasteiger partial charge in [-0.25, -0.2) is 0 Å². The van der Waals surface area contributed by atoms with E-state index in [0.717, 1.165) is 19.6 Å². The first-order valence-electron chi connectivity index (χ1n) is 5.97. The number of rotatable bonds is 1. The smallest absolute Gasteiger partial charge is 0.0458 e. The fourth-order valence-electron chi connectivity index (χ4n) is 1.80. The number of hydrogen-bond donors (Lipinski definition) is 2. The molecule has 1 aromatic rings. The molecule has 0 spiro atoms. The molecule has 16 heavy (non-hydrogen) atoms. The van der Waals surface area contributed by atoms with Crippen LogP contribution < -0.4 is 10.6 Å². The summed E-state index contributed by atoms with van der Waals surface area (Å²) < 4.78 is 1.20. The van der Waals surface area contributed by atoms with Crippen LogP contribution in [0, 0.1) is 6.92 Å². The van der Waals surface area contributed by atoms with Crippen LogP contribution in [0.3, 0.4) is 0 Å². The lowest BCUT2D eigenvalue weighted by Crippen LogP contribution is -2.42. The summed E-state index contributed by atoms with van der Waals surface area (Å²) >= 11 is 3.60. The van der Waals surface area contributed by atoms with Gasteiger partial charge in [0.1, 0.15) is 0 Å². The highest BCUT2D eigenvalue weighted by atomic mass is 79.9. The van der Waals surface area contributed by atoms with Crippen LogP contribution in [0.15, 0.2) is 22.7 Å². The summed E-state index contributed by atoms with van der Waals surface area (Å²) in [7, 11) is 0. The molecule has 1 fully saturated rings. The predicted molar refractivity (Wildman–Crippen MR) is 73.8 cm³/mol. The van der Waals surface area contributed by atoms with Crippen molar-refractivity contribution in [2.24, 2.45) is 0 Å².